The number of tetrazole rings is 1. The van der Waals surface area contributed by atoms with Gasteiger partial charge in [-0.15, -0.1) is 21.5 Å². The smallest absolute Gasteiger partial charge is 0.259 e. The molecule has 0 spiro atoms. The summed E-state index contributed by atoms with van der Waals surface area (Å²) >= 11 is 1.63. The number of nitrogens with zero attached hydrogens (tertiary/aromatic N) is 6. The highest BCUT2D eigenvalue weighted by molar-refractivity contribution is 7.17. The zero-order valence-electron chi connectivity index (χ0n) is 15.6. The third-order valence-corrected chi connectivity index (χ3v) is 6.33. The van der Waals surface area contributed by atoms with Crippen LogP contribution in [0.3, 0.4) is 0 Å². The third-order valence-electron chi connectivity index (χ3n) is 5.19. The van der Waals surface area contributed by atoms with Crippen molar-refractivity contribution in [1.29, 1.82) is 0 Å². The first-order chi connectivity index (χ1) is 13.7. The van der Waals surface area contributed by atoms with Gasteiger partial charge in [0.25, 0.3) is 5.56 Å². The van der Waals surface area contributed by atoms with Crippen LogP contribution >= 0.6 is 11.3 Å². The fourth-order valence-electron chi connectivity index (χ4n) is 3.68. The molecule has 0 aliphatic heterocycles. The van der Waals surface area contributed by atoms with Crippen LogP contribution in [0.2, 0.25) is 0 Å². The van der Waals surface area contributed by atoms with E-state index >= 15 is 0 Å². The maximum atomic E-state index is 12.7. The Labute approximate surface area is 165 Å². The van der Waals surface area contributed by atoms with Crippen LogP contribution in [0.5, 0.6) is 0 Å². The summed E-state index contributed by atoms with van der Waals surface area (Å²) < 4.78 is 1.78. The Kier molecular flexibility index (Phi) is 4.27. The van der Waals surface area contributed by atoms with Crippen molar-refractivity contribution in [2.24, 2.45) is 0 Å². The van der Waals surface area contributed by atoms with Gasteiger partial charge in [0.1, 0.15) is 6.54 Å². The van der Waals surface area contributed by atoms with Gasteiger partial charge in [0, 0.05) is 22.2 Å². The minimum Gasteiger partial charge on any atom is -0.269 e. The van der Waals surface area contributed by atoms with Crippen LogP contribution in [0.1, 0.15) is 41.6 Å². The number of thiazole rings is 1. The summed E-state index contributed by atoms with van der Waals surface area (Å²) in [5.74, 6) is 0.576. The molecule has 0 atom stereocenters. The summed E-state index contributed by atoms with van der Waals surface area (Å²) in [5, 5.41) is 12.7. The van der Waals surface area contributed by atoms with Gasteiger partial charge >= 0.3 is 0 Å². The van der Waals surface area contributed by atoms with Gasteiger partial charge in [-0.3, -0.25) is 9.20 Å². The molecule has 7 nitrogen and oxygen atoms in total. The molecule has 1 aromatic carbocycles. The average molecular weight is 392 g/mol. The molecule has 0 N–H and O–H groups in total. The molecule has 3 heterocycles. The summed E-state index contributed by atoms with van der Waals surface area (Å²) in [5.41, 5.74) is 3.99. The Balaban J connectivity index is 1.44. The second kappa shape index (κ2) is 6.94. The van der Waals surface area contributed by atoms with Crippen molar-refractivity contribution in [3.05, 3.63) is 62.5 Å². The molecule has 0 radical (unpaired) electrons. The average Bonchev–Trinajstić information content (AvgIpc) is 3.32. The van der Waals surface area contributed by atoms with E-state index in [1.165, 1.54) is 21.7 Å². The van der Waals surface area contributed by atoms with Crippen LogP contribution in [0.15, 0.2) is 35.1 Å². The van der Waals surface area contributed by atoms with E-state index in [2.05, 4.69) is 34.5 Å². The largest absolute Gasteiger partial charge is 0.269 e. The second-order valence-electron chi connectivity index (χ2n) is 7.08. The van der Waals surface area contributed by atoms with Gasteiger partial charge < -0.3 is 0 Å². The summed E-state index contributed by atoms with van der Waals surface area (Å²) in [6, 6.07) is 9.75. The zero-order chi connectivity index (χ0) is 19.1. The number of aromatic nitrogens is 6. The molecular weight excluding hydrogens is 372 g/mol. The molecule has 5 rings (SSSR count). The Bertz CT molecular complexity index is 1200. The van der Waals surface area contributed by atoms with Gasteiger partial charge in [-0.2, -0.15) is 4.80 Å². The van der Waals surface area contributed by atoms with E-state index in [1.54, 1.807) is 21.8 Å². The van der Waals surface area contributed by atoms with Crippen molar-refractivity contribution < 1.29 is 0 Å². The molecule has 0 amide bonds. The lowest BCUT2D eigenvalue weighted by Gasteiger charge is -2.10. The number of hydrogen-bond acceptors (Lipinski definition) is 6. The first kappa shape index (κ1) is 17.2. The van der Waals surface area contributed by atoms with Crippen LogP contribution in [0.4, 0.5) is 0 Å². The normalized spacial score (nSPS) is 13.8. The molecule has 1 aliphatic rings. The Morgan fingerprint density at radius 3 is 2.79 bits per heavy atom. The van der Waals surface area contributed by atoms with Gasteiger partial charge in [0.15, 0.2) is 4.96 Å². The highest BCUT2D eigenvalue weighted by atomic mass is 32.1. The van der Waals surface area contributed by atoms with Crippen LogP contribution in [-0.2, 0) is 25.8 Å². The van der Waals surface area contributed by atoms with Gasteiger partial charge in [0.2, 0.25) is 5.82 Å². The molecule has 0 saturated heterocycles. The molecule has 142 valence electrons. The molecule has 0 fully saturated rings. The van der Waals surface area contributed by atoms with E-state index in [4.69, 9.17) is 4.98 Å². The quantitative estimate of drug-likeness (QED) is 0.534. The second-order valence-corrected chi connectivity index (χ2v) is 8.14. The highest BCUT2D eigenvalue weighted by Crippen LogP contribution is 2.28. The lowest BCUT2D eigenvalue weighted by Crippen LogP contribution is -2.19. The molecule has 8 heteroatoms. The number of aryl methyl sites for hydroxylation is 3. The highest BCUT2D eigenvalue weighted by Gasteiger charge is 2.18. The first-order valence-corrected chi connectivity index (χ1v) is 10.4. The Morgan fingerprint density at radius 1 is 1.14 bits per heavy atom. The summed E-state index contributed by atoms with van der Waals surface area (Å²) in [6.07, 6.45) is 5.32. The van der Waals surface area contributed by atoms with Gasteiger partial charge in [0.05, 0.1) is 5.69 Å². The standard InChI is InChI=1S/C20H20N6OS/c1-2-13-7-9-14(10-8-13)19-22-24-25(23-19)12-15-11-18(27)26-16-5-3-4-6-17(16)28-20(26)21-15/h7-11H,2-6,12H2,1H3. The van der Waals surface area contributed by atoms with E-state index in [9.17, 15) is 4.79 Å². The van der Waals surface area contributed by atoms with E-state index < -0.39 is 0 Å². The van der Waals surface area contributed by atoms with Gasteiger partial charge in [-0.05, 0) is 42.9 Å². The molecule has 0 saturated carbocycles. The fourth-order valence-corrected chi connectivity index (χ4v) is 4.92. The lowest BCUT2D eigenvalue weighted by molar-refractivity contribution is 0.564. The summed E-state index contributed by atoms with van der Waals surface area (Å²) in [6.45, 7) is 2.45. The van der Waals surface area contributed by atoms with E-state index in [1.807, 2.05) is 12.1 Å². The lowest BCUT2D eigenvalue weighted by atomic mass is 10.0. The van der Waals surface area contributed by atoms with Crippen molar-refractivity contribution in [3.8, 4) is 11.4 Å². The third kappa shape index (κ3) is 3.03. The summed E-state index contributed by atoms with van der Waals surface area (Å²) in [4.78, 5) is 20.9. The van der Waals surface area contributed by atoms with Gasteiger partial charge in [-0.25, -0.2) is 4.98 Å². The minimum atomic E-state index is -0.0186. The van der Waals surface area contributed by atoms with Crippen molar-refractivity contribution >= 4 is 16.3 Å². The maximum Gasteiger partial charge on any atom is 0.259 e. The Hall–Kier alpha value is -2.87. The van der Waals surface area contributed by atoms with Crippen LogP contribution in [0.25, 0.3) is 16.3 Å². The van der Waals surface area contributed by atoms with Crippen molar-refractivity contribution in [2.75, 3.05) is 0 Å². The minimum absolute atomic E-state index is 0.0186. The van der Waals surface area contributed by atoms with Gasteiger partial charge in [-0.1, -0.05) is 31.2 Å². The molecular formula is C20H20N6OS. The molecule has 4 aromatic rings. The van der Waals surface area contributed by atoms with E-state index in [0.717, 1.165) is 41.9 Å². The van der Waals surface area contributed by atoms with Crippen LogP contribution in [0, 0.1) is 0 Å². The number of rotatable bonds is 4. The number of fused-ring (bicyclic) bond motifs is 3. The molecule has 0 bridgehead atoms. The molecule has 3 aromatic heterocycles. The van der Waals surface area contributed by atoms with E-state index in [-0.39, 0.29) is 5.56 Å². The van der Waals surface area contributed by atoms with Crippen molar-refractivity contribution in [1.82, 2.24) is 29.6 Å². The van der Waals surface area contributed by atoms with E-state index in [0.29, 0.717) is 18.1 Å². The fraction of sp³-hybridized carbons (Fsp3) is 0.350. The topological polar surface area (TPSA) is 78.0 Å². The predicted molar refractivity (Wildman–Crippen MR) is 108 cm³/mol. The molecule has 0 unspecified atom stereocenters. The monoisotopic (exact) mass is 392 g/mol. The van der Waals surface area contributed by atoms with Crippen molar-refractivity contribution in [3.63, 3.8) is 0 Å². The Morgan fingerprint density at radius 2 is 1.96 bits per heavy atom. The summed E-state index contributed by atoms with van der Waals surface area (Å²) in [7, 11) is 0. The number of benzene rings is 1. The predicted octanol–water partition coefficient (Wildman–Crippen LogP) is 2.90. The van der Waals surface area contributed by atoms with Crippen LogP contribution < -0.4 is 5.56 Å². The maximum absolute atomic E-state index is 12.7. The first-order valence-electron chi connectivity index (χ1n) is 9.61. The van der Waals surface area contributed by atoms with Crippen molar-refractivity contribution in [2.45, 2.75) is 45.6 Å². The number of hydrogen-bond donors (Lipinski definition) is 0. The zero-order valence-corrected chi connectivity index (χ0v) is 16.4. The molecule has 1 aliphatic carbocycles. The molecule has 28 heavy (non-hydrogen) atoms. The SMILES string of the molecule is CCc1ccc(-c2nnn(Cc3cc(=O)n4c5c(sc4n3)CCCC5)n2)cc1. The van der Waals surface area contributed by atoms with Crippen LogP contribution in [-0.4, -0.2) is 29.6 Å².